The fraction of sp³-hybridized carbons (Fsp3) is 0.625. The van der Waals surface area contributed by atoms with Crippen LogP contribution in [0.1, 0.15) is 44.1 Å². The highest BCUT2D eigenvalue weighted by atomic mass is 16.6. The molecule has 0 aliphatic carbocycles. The van der Waals surface area contributed by atoms with Gasteiger partial charge in [-0.1, -0.05) is 0 Å². The number of anilines is 1. The Morgan fingerprint density at radius 2 is 2.04 bits per heavy atom. The molecule has 1 aliphatic rings. The number of piperidine rings is 1. The van der Waals surface area contributed by atoms with Crippen LogP contribution in [-0.4, -0.2) is 47.2 Å². The molecule has 3 N–H and O–H groups in total. The molecule has 2 amide bonds. The molecular weight excluding hydrogens is 310 g/mol. The lowest BCUT2D eigenvalue weighted by Crippen LogP contribution is -2.40. The van der Waals surface area contributed by atoms with E-state index in [2.05, 4.69) is 15.3 Å². The third-order valence-electron chi connectivity index (χ3n) is 3.73. The van der Waals surface area contributed by atoms with Gasteiger partial charge in [0, 0.05) is 25.8 Å². The van der Waals surface area contributed by atoms with Crippen LogP contribution in [0, 0.1) is 5.92 Å². The number of nitrogens with zero attached hydrogens (tertiary/aromatic N) is 3. The number of primary amides is 1. The van der Waals surface area contributed by atoms with Gasteiger partial charge in [0.25, 0.3) is 5.91 Å². The summed E-state index contributed by atoms with van der Waals surface area (Å²) in [5.41, 5.74) is 4.97. The number of aromatic nitrogens is 2. The Bertz CT molecular complexity index is 592. The lowest BCUT2D eigenvalue weighted by Gasteiger charge is -2.32. The molecule has 1 aliphatic heterocycles. The van der Waals surface area contributed by atoms with E-state index in [0.717, 1.165) is 25.9 Å². The maximum Gasteiger partial charge on any atom is 0.407 e. The highest BCUT2D eigenvalue weighted by Crippen LogP contribution is 2.20. The van der Waals surface area contributed by atoms with E-state index < -0.39 is 11.5 Å². The first-order chi connectivity index (χ1) is 11.2. The summed E-state index contributed by atoms with van der Waals surface area (Å²) in [6.07, 6.45) is 2.96. The molecule has 8 heteroatoms. The Balaban J connectivity index is 1.80. The summed E-state index contributed by atoms with van der Waals surface area (Å²) < 4.78 is 5.23. The van der Waals surface area contributed by atoms with E-state index in [-0.39, 0.29) is 11.8 Å². The van der Waals surface area contributed by atoms with Crippen LogP contribution in [0.5, 0.6) is 0 Å². The summed E-state index contributed by atoms with van der Waals surface area (Å²) >= 11 is 0. The molecule has 0 spiro atoms. The fourth-order valence-corrected chi connectivity index (χ4v) is 2.52. The van der Waals surface area contributed by atoms with Gasteiger partial charge in [-0.3, -0.25) is 4.79 Å². The molecule has 0 aromatic carbocycles. The predicted octanol–water partition coefficient (Wildman–Crippen LogP) is 1.32. The van der Waals surface area contributed by atoms with Gasteiger partial charge in [-0.05, 0) is 45.6 Å². The summed E-state index contributed by atoms with van der Waals surface area (Å²) in [6.45, 7) is 7.64. The van der Waals surface area contributed by atoms with Crippen molar-refractivity contribution in [3.63, 3.8) is 0 Å². The molecule has 1 aromatic heterocycles. The van der Waals surface area contributed by atoms with Crippen LogP contribution in [-0.2, 0) is 4.74 Å². The van der Waals surface area contributed by atoms with Gasteiger partial charge in [0.15, 0.2) is 0 Å². The molecule has 1 aromatic rings. The van der Waals surface area contributed by atoms with Crippen LogP contribution in [0.2, 0.25) is 0 Å². The molecule has 8 nitrogen and oxygen atoms in total. The Kier molecular flexibility index (Phi) is 5.58. The first-order valence-electron chi connectivity index (χ1n) is 8.09. The standard InChI is InChI=1S/C16H25N5O3/c1-16(2,3)24-15(23)19-10-11-5-8-21(9-6-11)14-18-7-4-12(20-14)13(17)22/h4,7,11H,5-6,8-10H2,1-3H3,(H2,17,22)(H,19,23). The van der Waals surface area contributed by atoms with Gasteiger partial charge in [0.1, 0.15) is 11.3 Å². The number of carbonyl (C=O) groups is 2. The molecule has 2 heterocycles. The quantitative estimate of drug-likeness (QED) is 0.858. The van der Waals surface area contributed by atoms with Gasteiger partial charge < -0.3 is 20.7 Å². The molecule has 0 saturated carbocycles. The average molecular weight is 335 g/mol. The number of carbonyl (C=O) groups excluding carboxylic acids is 2. The van der Waals surface area contributed by atoms with Crippen LogP contribution in [0.3, 0.4) is 0 Å². The van der Waals surface area contributed by atoms with Crippen molar-refractivity contribution < 1.29 is 14.3 Å². The van der Waals surface area contributed by atoms with E-state index in [1.165, 1.54) is 6.07 Å². The van der Waals surface area contributed by atoms with E-state index in [0.29, 0.717) is 18.4 Å². The number of alkyl carbamates (subject to hydrolysis) is 1. The van der Waals surface area contributed by atoms with E-state index in [1.807, 2.05) is 25.7 Å². The molecule has 2 rings (SSSR count). The van der Waals surface area contributed by atoms with Gasteiger partial charge in [0.05, 0.1) is 0 Å². The van der Waals surface area contributed by atoms with E-state index in [4.69, 9.17) is 10.5 Å². The Morgan fingerprint density at radius 1 is 1.38 bits per heavy atom. The number of ether oxygens (including phenoxy) is 1. The monoisotopic (exact) mass is 335 g/mol. The number of hydrogen-bond donors (Lipinski definition) is 2. The zero-order chi connectivity index (χ0) is 17.7. The van der Waals surface area contributed by atoms with Gasteiger partial charge in [-0.25, -0.2) is 14.8 Å². The zero-order valence-electron chi connectivity index (χ0n) is 14.4. The first-order valence-corrected chi connectivity index (χ1v) is 8.09. The fourth-order valence-electron chi connectivity index (χ4n) is 2.52. The first kappa shape index (κ1) is 18.0. The topological polar surface area (TPSA) is 110 Å². The summed E-state index contributed by atoms with van der Waals surface area (Å²) in [4.78, 5) is 33.3. The molecule has 1 saturated heterocycles. The van der Waals surface area contributed by atoms with Crippen LogP contribution < -0.4 is 16.0 Å². The van der Waals surface area contributed by atoms with Crippen LogP contribution >= 0.6 is 0 Å². The summed E-state index contributed by atoms with van der Waals surface area (Å²) in [7, 11) is 0. The molecule has 0 unspecified atom stereocenters. The number of amides is 2. The van der Waals surface area contributed by atoms with Crippen LogP contribution in [0.4, 0.5) is 10.7 Å². The average Bonchev–Trinajstić information content (AvgIpc) is 2.52. The smallest absolute Gasteiger partial charge is 0.407 e. The van der Waals surface area contributed by atoms with Crippen molar-refractivity contribution in [2.45, 2.75) is 39.2 Å². The number of nitrogens with one attached hydrogen (secondary N) is 1. The normalized spacial score (nSPS) is 15.9. The minimum Gasteiger partial charge on any atom is -0.444 e. The van der Waals surface area contributed by atoms with Gasteiger partial charge >= 0.3 is 6.09 Å². The minimum absolute atomic E-state index is 0.216. The second kappa shape index (κ2) is 7.46. The third kappa shape index (κ3) is 5.36. The summed E-state index contributed by atoms with van der Waals surface area (Å²) in [5, 5.41) is 2.82. The maximum absolute atomic E-state index is 11.7. The minimum atomic E-state index is -0.560. The Labute approximate surface area is 141 Å². The third-order valence-corrected chi connectivity index (χ3v) is 3.73. The van der Waals surface area contributed by atoms with Crippen molar-refractivity contribution in [3.8, 4) is 0 Å². The van der Waals surface area contributed by atoms with Crippen molar-refractivity contribution in [2.75, 3.05) is 24.5 Å². The van der Waals surface area contributed by atoms with Gasteiger partial charge in [-0.2, -0.15) is 0 Å². The lowest BCUT2D eigenvalue weighted by molar-refractivity contribution is 0.0516. The van der Waals surface area contributed by atoms with E-state index in [9.17, 15) is 9.59 Å². The van der Waals surface area contributed by atoms with Crippen molar-refractivity contribution in [1.29, 1.82) is 0 Å². The van der Waals surface area contributed by atoms with E-state index >= 15 is 0 Å². The molecule has 24 heavy (non-hydrogen) atoms. The molecule has 1 fully saturated rings. The SMILES string of the molecule is CC(C)(C)OC(=O)NCC1CCN(c2nccc(C(N)=O)n2)CC1. The van der Waals surface area contributed by atoms with Crippen molar-refractivity contribution in [1.82, 2.24) is 15.3 Å². The largest absolute Gasteiger partial charge is 0.444 e. The molecular formula is C16H25N5O3. The number of rotatable bonds is 4. The van der Waals surface area contributed by atoms with Crippen LogP contribution in [0.25, 0.3) is 0 Å². The van der Waals surface area contributed by atoms with Crippen molar-refractivity contribution in [2.24, 2.45) is 11.7 Å². The second-order valence-electron chi connectivity index (χ2n) is 6.92. The van der Waals surface area contributed by atoms with Crippen molar-refractivity contribution >= 4 is 17.9 Å². The molecule has 0 bridgehead atoms. The number of nitrogens with two attached hydrogens (primary N) is 1. The molecule has 132 valence electrons. The predicted molar refractivity (Wildman–Crippen MR) is 89.7 cm³/mol. The zero-order valence-corrected chi connectivity index (χ0v) is 14.4. The Morgan fingerprint density at radius 3 is 2.62 bits per heavy atom. The van der Waals surface area contributed by atoms with Gasteiger partial charge in [0.2, 0.25) is 5.95 Å². The maximum atomic E-state index is 11.7. The Hall–Kier alpha value is -2.38. The van der Waals surface area contributed by atoms with Crippen molar-refractivity contribution in [3.05, 3.63) is 18.0 Å². The molecule has 0 radical (unpaired) electrons. The highest BCUT2D eigenvalue weighted by molar-refractivity contribution is 5.90. The highest BCUT2D eigenvalue weighted by Gasteiger charge is 2.23. The number of hydrogen-bond acceptors (Lipinski definition) is 6. The van der Waals surface area contributed by atoms with Gasteiger partial charge in [-0.15, -0.1) is 0 Å². The summed E-state index contributed by atoms with van der Waals surface area (Å²) in [5.74, 6) is 0.341. The lowest BCUT2D eigenvalue weighted by atomic mass is 9.97. The summed E-state index contributed by atoms with van der Waals surface area (Å²) in [6, 6.07) is 1.50. The molecule has 0 atom stereocenters. The second-order valence-corrected chi connectivity index (χ2v) is 6.92. The van der Waals surface area contributed by atoms with Crippen LogP contribution in [0.15, 0.2) is 12.3 Å². The van der Waals surface area contributed by atoms with E-state index in [1.54, 1.807) is 6.20 Å².